The molecule has 7 nitrogen and oxygen atoms in total. The number of amides is 3. The summed E-state index contributed by atoms with van der Waals surface area (Å²) in [6.07, 6.45) is 3.17. The van der Waals surface area contributed by atoms with E-state index in [1.807, 2.05) is 19.1 Å². The fourth-order valence-electron chi connectivity index (χ4n) is 2.27. The molecular weight excluding hydrogens is 424 g/mol. The van der Waals surface area contributed by atoms with Crippen molar-refractivity contribution >= 4 is 33.6 Å². The standard InChI is InChI=1S/C20H17BrN4O3/c1-13-3-5-14(6-4-13)18(26)24-20(27)25(2)16-7-9-17(10-8-16)28-19-22-11-15(21)12-23-19/h3-12H,1-2H3,(H,24,26,27). The highest BCUT2D eigenvalue weighted by Gasteiger charge is 2.15. The van der Waals surface area contributed by atoms with E-state index in [1.165, 1.54) is 4.90 Å². The van der Waals surface area contributed by atoms with Gasteiger partial charge in [-0.3, -0.25) is 15.0 Å². The molecular formula is C20H17BrN4O3. The van der Waals surface area contributed by atoms with Crippen molar-refractivity contribution in [2.45, 2.75) is 6.92 Å². The van der Waals surface area contributed by atoms with E-state index in [2.05, 4.69) is 31.2 Å². The number of aromatic nitrogens is 2. The zero-order chi connectivity index (χ0) is 20.1. The SMILES string of the molecule is Cc1ccc(C(=O)NC(=O)N(C)c2ccc(Oc3ncc(Br)cn3)cc2)cc1. The van der Waals surface area contributed by atoms with Gasteiger partial charge in [-0.05, 0) is 59.3 Å². The van der Waals surface area contributed by atoms with Gasteiger partial charge in [0.2, 0.25) is 0 Å². The van der Waals surface area contributed by atoms with Gasteiger partial charge in [0.1, 0.15) is 5.75 Å². The molecule has 142 valence electrons. The summed E-state index contributed by atoms with van der Waals surface area (Å²) in [4.78, 5) is 33.9. The maximum absolute atomic E-state index is 12.3. The van der Waals surface area contributed by atoms with Gasteiger partial charge in [0.05, 0.1) is 4.47 Å². The molecule has 3 rings (SSSR count). The number of aryl methyl sites for hydroxylation is 1. The lowest BCUT2D eigenvalue weighted by Gasteiger charge is -2.18. The van der Waals surface area contributed by atoms with Crippen LogP contribution >= 0.6 is 15.9 Å². The molecule has 1 heterocycles. The van der Waals surface area contributed by atoms with E-state index < -0.39 is 11.9 Å². The number of nitrogens with one attached hydrogen (secondary N) is 1. The molecule has 0 saturated carbocycles. The molecule has 0 aliphatic heterocycles. The summed E-state index contributed by atoms with van der Waals surface area (Å²) in [7, 11) is 1.57. The monoisotopic (exact) mass is 440 g/mol. The third-order valence-corrected chi connectivity index (χ3v) is 4.28. The lowest BCUT2D eigenvalue weighted by molar-refractivity contribution is 0.0965. The Morgan fingerprint density at radius 2 is 1.61 bits per heavy atom. The number of hydrogen-bond acceptors (Lipinski definition) is 5. The predicted octanol–water partition coefficient (Wildman–Crippen LogP) is 4.33. The first-order chi connectivity index (χ1) is 13.4. The van der Waals surface area contributed by atoms with Crippen molar-refractivity contribution < 1.29 is 14.3 Å². The number of hydrogen-bond donors (Lipinski definition) is 1. The van der Waals surface area contributed by atoms with Crippen molar-refractivity contribution in [2.24, 2.45) is 0 Å². The van der Waals surface area contributed by atoms with Gasteiger partial charge in [0.25, 0.3) is 5.91 Å². The van der Waals surface area contributed by atoms with Crippen LogP contribution in [0.15, 0.2) is 65.4 Å². The van der Waals surface area contributed by atoms with Gasteiger partial charge in [-0.2, -0.15) is 0 Å². The van der Waals surface area contributed by atoms with Crippen molar-refractivity contribution in [2.75, 3.05) is 11.9 Å². The molecule has 0 atom stereocenters. The Labute approximate surface area is 170 Å². The first kappa shape index (κ1) is 19.5. The van der Waals surface area contributed by atoms with E-state index in [4.69, 9.17) is 4.74 Å². The molecule has 0 radical (unpaired) electrons. The van der Waals surface area contributed by atoms with Gasteiger partial charge in [-0.25, -0.2) is 14.8 Å². The van der Waals surface area contributed by atoms with E-state index in [1.54, 1.807) is 55.8 Å². The lowest BCUT2D eigenvalue weighted by Crippen LogP contribution is -2.40. The van der Waals surface area contributed by atoms with Gasteiger partial charge in [0.15, 0.2) is 0 Å². The molecule has 28 heavy (non-hydrogen) atoms. The molecule has 2 aromatic carbocycles. The molecule has 3 amide bonds. The first-order valence-corrected chi connectivity index (χ1v) is 9.13. The summed E-state index contributed by atoms with van der Waals surface area (Å²) >= 11 is 3.26. The van der Waals surface area contributed by atoms with Gasteiger partial charge < -0.3 is 4.74 Å². The molecule has 1 aromatic heterocycles. The second-order valence-electron chi connectivity index (χ2n) is 5.96. The second-order valence-corrected chi connectivity index (χ2v) is 6.88. The predicted molar refractivity (Wildman–Crippen MR) is 109 cm³/mol. The summed E-state index contributed by atoms with van der Waals surface area (Å²) in [5, 5.41) is 2.37. The number of anilines is 1. The largest absolute Gasteiger partial charge is 0.424 e. The number of carbonyl (C=O) groups excluding carboxylic acids is 2. The van der Waals surface area contributed by atoms with Crippen molar-refractivity contribution in [1.82, 2.24) is 15.3 Å². The molecule has 0 spiro atoms. The van der Waals surface area contributed by atoms with E-state index in [-0.39, 0.29) is 6.01 Å². The lowest BCUT2D eigenvalue weighted by atomic mass is 10.1. The van der Waals surface area contributed by atoms with Crippen LogP contribution in [0.25, 0.3) is 0 Å². The number of halogens is 1. The molecule has 0 aliphatic carbocycles. The zero-order valence-electron chi connectivity index (χ0n) is 15.2. The van der Waals surface area contributed by atoms with E-state index in [0.717, 1.165) is 10.0 Å². The number of ether oxygens (including phenoxy) is 1. The minimum Gasteiger partial charge on any atom is -0.424 e. The number of rotatable bonds is 4. The Kier molecular flexibility index (Phi) is 6.00. The summed E-state index contributed by atoms with van der Waals surface area (Å²) in [5.74, 6) is 0.0693. The van der Waals surface area contributed by atoms with Crippen LogP contribution in [0, 0.1) is 6.92 Å². The maximum atomic E-state index is 12.3. The van der Waals surface area contributed by atoms with Gasteiger partial charge in [0, 0.05) is 30.7 Å². The van der Waals surface area contributed by atoms with Crippen molar-refractivity contribution in [3.63, 3.8) is 0 Å². The highest BCUT2D eigenvalue weighted by Crippen LogP contribution is 2.22. The Bertz CT molecular complexity index is 974. The minimum atomic E-state index is -0.532. The molecule has 8 heteroatoms. The van der Waals surface area contributed by atoms with Gasteiger partial charge >= 0.3 is 12.0 Å². The number of carbonyl (C=O) groups is 2. The third kappa shape index (κ3) is 4.92. The van der Waals surface area contributed by atoms with Crippen molar-refractivity contribution in [3.05, 3.63) is 76.5 Å². The minimum absolute atomic E-state index is 0.214. The van der Waals surface area contributed by atoms with Gasteiger partial charge in [-0.1, -0.05) is 17.7 Å². The van der Waals surface area contributed by atoms with Crippen LogP contribution in [-0.2, 0) is 0 Å². The smallest absolute Gasteiger partial charge is 0.328 e. The summed E-state index contributed by atoms with van der Waals surface area (Å²) < 4.78 is 6.30. The summed E-state index contributed by atoms with van der Waals surface area (Å²) in [5.41, 5.74) is 2.06. The Morgan fingerprint density at radius 3 is 2.21 bits per heavy atom. The van der Waals surface area contributed by atoms with Crippen LogP contribution < -0.4 is 15.0 Å². The van der Waals surface area contributed by atoms with E-state index >= 15 is 0 Å². The average Bonchev–Trinajstić information content (AvgIpc) is 2.70. The molecule has 0 aliphatic rings. The van der Waals surface area contributed by atoms with Crippen molar-refractivity contribution in [1.29, 1.82) is 0 Å². The number of nitrogens with zero attached hydrogens (tertiary/aromatic N) is 3. The third-order valence-electron chi connectivity index (χ3n) is 3.87. The van der Waals surface area contributed by atoms with Crippen LogP contribution in [0.1, 0.15) is 15.9 Å². The molecule has 0 unspecified atom stereocenters. The Balaban J connectivity index is 1.62. The maximum Gasteiger partial charge on any atom is 0.328 e. The second kappa shape index (κ2) is 8.62. The van der Waals surface area contributed by atoms with Crippen LogP contribution in [0.5, 0.6) is 11.8 Å². The molecule has 1 N–H and O–H groups in total. The van der Waals surface area contributed by atoms with E-state index in [9.17, 15) is 9.59 Å². The zero-order valence-corrected chi connectivity index (χ0v) is 16.8. The molecule has 0 bridgehead atoms. The number of benzene rings is 2. The summed E-state index contributed by atoms with van der Waals surface area (Å²) in [6.45, 7) is 1.93. The fraction of sp³-hybridized carbons (Fsp3) is 0.100. The first-order valence-electron chi connectivity index (χ1n) is 8.33. The molecule has 0 fully saturated rings. The summed E-state index contributed by atoms with van der Waals surface area (Å²) in [6, 6.07) is 13.4. The molecule has 3 aromatic rings. The number of urea groups is 1. The normalized spacial score (nSPS) is 10.2. The van der Waals surface area contributed by atoms with Gasteiger partial charge in [-0.15, -0.1) is 0 Å². The fourth-order valence-corrected chi connectivity index (χ4v) is 2.48. The van der Waals surface area contributed by atoms with E-state index in [0.29, 0.717) is 17.0 Å². The Hall–Kier alpha value is -3.26. The molecule has 0 saturated heterocycles. The highest BCUT2D eigenvalue weighted by molar-refractivity contribution is 9.10. The number of imide groups is 1. The van der Waals surface area contributed by atoms with Crippen LogP contribution in [0.3, 0.4) is 0 Å². The van der Waals surface area contributed by atoms with Crippen LogP contribution in [-0.4, -0.2) is 29.0 Å². The highest BCUT2D eigenvalue weighted by atomic mass is 79.9. The van der Waals surface area contributed by atoms with Crippen LogP contribution in [0.4, 0.5) is 10.5 Å². The quantitative estimate of drug-likeness (QED) is 0.652. The average molecular weight is 441 g/mol. The van der Waals surface area contributed by atoms with Crippen LogP contribution in [0.2, 0.25) is 0 Å². The van der Waals surface area contributed by atoms with Crippen molar-refractivity contribution in [3.8, 4) is 11.8 Å². The Morgan fingerprint density at radius 1 is 1.00 bits per heavy atom. The topological polar surface area (TPSA) is 84.4 Å².